The number of methoxy groups -OCH3 is 1. The highest BCUT2D eigenvalue weighted by Gasteiger charge is 2.22. The molecular weight excluding hydrogens is 425 g/mol. The molecule has 0 aromatic heterocycles. The second-order valence-corrected chi connectivity index (χ2v) is 9.24. The Labute approximate surface area is 194 Å². The van der Waals surface area contributed by atoms with E-state index < -0.39 is 23.3 Å². The van der Waals surface area contributed by atoms with Crippen LogP contribution in [0.5, 0.6) is 0 Å². The van der Waals surface area contributed by atoms with Gasteiger partial charge in [0, 0.05) is 31.5 Å². The van der Waals surface area contributed by atoms with E-state index in [1.807, 2.05) is 6.07 Å². The lowest BCUT2D eigenvalue weighted by molar-refractivity contribution is -0.153. The average Bonchev–Trinajstić information content (AvgIpc) is 2.74. The number of nitrogen functional groups attached to an aromatic ring is 1. The molecule has 1 heterocycles. The normalized spacial score (nSPS) is 16.4. The number of anilines is 3. The minimum atomic E-state index is -0.662. The number of benzene rings is 2. The van der Waals surface area contributed by atoms with Gasteiger partial charge >= 0.3 is 5.97 Å². The number of piperidine rings is 1. The Balaban J connectivity index is 1.75. The van der Waals surface area contributed by atoms with Gasteiger partial charge in [0.15, 0.2) is 0 Å². The molecule has 1 atom stereocenters. The van der Waals surface area contributed by atoms with Crippen LogP contribution in [0.4, 0.5) is 21.5 Å². The monoisotopic (exact) mass is 457 g/mol. The van der Waals surface area contributed by atoms with Gasteiger partial charge in [0.25, 0.3) is 5.91 Å². The SMILES string of the molecule is COC1CCCN(c2ccc(C(=O)Nc3ccc(F)cc3CC(=O)OC(C)(C)C)cc2N)C1. The largest absolute Gasteiger partial charge is 0.460 e. The number of nitrogens with one attached hydrogen (secondary N) is 1. The molecule has 2 aromatic carbocycles. The van der Waals surface area contributed by atoms with Crippen molar-refractivity contribution in [2.45, 2.75) is 51.7 Å². The van der Waals surface area contributed by atoms with Gasteiger partial charge in [0.1, 0.15) is 11.4 Å². The van der Waals surface area contributed by atoms with Crippen LogP contribution >= 0.6 is 0 Å². The quantitative estimate of drug-likeness (QED) is 0.500. The van der Waals surface area contributed by atoms with Gasteiger partial charge in [-0.15, -0.1) is 0 Å². The summed E-state index contributed by atoms with van der Waals surface area (Å²) in [6.45, 7) is 6.89. The zero-order valence-corrected chi connectivity index (χ0v) is 19.6. The van der Waals surface area contributed by atoms with Crippen molar-refractivity contribution in [2.24, 2.45) is 0 Å². The Kier molecular flexibility index (Phi) is 7.58. The highest BCUT2D eigenvalue weighted by molar-refractivity contribution is 6.06. The van der Waals surface area contributed by atoms with Gasteiger partial charge < -0.3 is 25.4 Å². The smallest absolute Gasteiger partial charge is 0.310 e. The van der Waals surface area contributed by atoms with Crippen molar-refractivity contribution in [3.8, 4) is 0 Å². The minimum Gasteiger partial charge on any atom is -0.460 e. The Morgan fingerprint density at radius 1 is 1.21 bits per heavy atom. The molecule has 8 heteroatoms. The van der Waals surface area contributed by atoms with Crippen molar-refractivity contribution >= 4 is 28.9 Å². The van der Waals surface area contributed by atoms with Gasteiger partial charge in [0.05, 0.1) is 23.9 Å². The fraction of sp³-hybridized carbons (Fsp3) is 0.440. The zero-order chi connectivity index (χ0) is 24.2. The molecule has 33 heavy (non-hydrogen) atoms. The number of ether oxygens (including phenoxy) is 2. The fourth-order valence-electron chi connectivity index (χ4n) is 3.89. The molecule has 1 aliphatic rings. The molecule has 7 nitrogen and oxygen atoms in total. The number of rotatable bonds is 6. The third kappa shape index (κ3) is 6.68. The summed E-state index contributed by atoms with van der Waals surface area (Å²) < 4.78 is 24.6. The molecule has 0 spiro atoms. The summed E-state index contributed by atoms with van der Waals surface area (Å²) in [6, 6.07) is 9.04. The van der Waals surface area contributed by atoms with Crippen LogP contribution < -0.4 is 16.0 Å². The number of nitrogens with zero attached hydrogens (tertiary/aromatic N) is 1. The lowest BCUT2D eigenvalue weighted by atomic mass is 10.1. The first-order valence-electron chi connectivity index (χ1n) is 11.0. The number of carbonyl (C=O) groups excluding carboxylic acids is 2. The Morgan fingerprint density at radius 2 is 1.97 bits per heavy atom. The summed E-state index contributed by atoms with van der Waals surface area (Å²) in [5, 5.41) is 2.76. The van der Waals surface area contributed by atoms with E-state index in [0.29, 0.717) is 22.5 Å². The lowest BCUT2D eigenvalue weighted by Gasteiger charge is -2.34. The molecule has 0 bridgehead atoms. The van der Waals surface area contributed by atoms with Gasteiger partial charge in [-0.05, 0) is 75.6 Å². The van der Waals surface area contributed by atoms with Crippen LogP contribution in [0.1, 0.15) is 49.5 Å². The van der Waals surface area contributed by atoms with Crippen LogP contribution in [0.2, 0.25) is 0 Å². The van der Waals surface area contributed by atoms with E-state index in [-0.39, 0.29) is 12.5 Å². The average molecular weight is 458 g/mol. The van der Waals surface area contributed by atoms with E-state index in [1.54, 1.807) is 40.0 Å². The number of esters is 1. The second-order valence-electron chi connectivity index (χ2n) is 9.24. The van der Waals surface area contributed by atoms with Crippen LogP contribution in [0.3, 0.4) is 0 Å². The summed E-state index contributed by atoms with van der Waals surface area (Å²) in [4.78, 5) is 27.3. The second kappa shape index (κ2) is 10.2. The summed E-state index contributed by atoms with van der Waals surface area (Å²) in [5.41, 5.74) is 8.01. The highest BCUT2D eigenvalue weighted by Crippen LogP contribution is 2.28. The fourth-order valence-corrected chi connectivity index (χ4v) is 3.89. The van der Waals surface area contributed by atoms with E-state index in [0.717, 1.165) is 31.6 Å². The van der Waals surface area contributed by atoms with Crippen LogP contribution in [-0.4, -0.2) is 43.8 Å². The summed E-state index contributed by atoms with van der Waals surface area (Å²) >= 11 is 0. The third-order valence-electron chi connectivity index (χ3n) is 5.41. The van der Waals surface area contributed by atoms with Crippen LogP contribution in [0.25, 0.3) is 0 Å². The van der Waals surface area contributed by atoms with E-state index >= 15 is 0 Å². The van der Waals surface area contributed by atoms with E-state index in [9.17, 15) is 14.0 Å². The van der Waals surface area contributed by atoms with Crippen molar-refractivity contribution in [3.63, 3.8) is 0 Å². The number of halogens is 1. The number of hydrogen-bond acceptors (Lipinski definition) is 6. The predicted octanol–water partition coefficient (Wildman–Crippen LogP) is 4.16. The van der Waals surface area contributed by atoms with Crippen molar-refractivity contribution < 1.29 is 23.5 Å². The Bertz CT molecular complexity index is 1020. The van der Waals surface area contributed by atoms with Crippen molar-refractivity contribution in [1.82, 2.24) is 0 Å². The minimum absolute atomic E-state index is 0.156. The third-order valence-corrected chi connectivity index (χ3v) is 5.41. The molecule has 0 radical (unpaired) electrons. The summed E-state index contributed by atoms with van der Waals surface area (Å²) in [5.74, 6) is -1.41. The van der Waals surface area contributed by atoms with Gasteiger partial charge in [0.2, 0.25) is 0 Å². The first kappa shape index (κ1) is 24.5. The van der Waals surface area contributed by atoms with Gasteiger partial charge in [-0.25, -0.2) is 4.39 Å². The molecule has 178 valence electrons. The van der Waals surface area contributed by atoms with E-state index in [1.165, 1.54) is 18.2 Å². The number of amides is 1. The van der Waals surface area contributed by atoms with Gasteiger partial charge in [-0.2, -0.15) is 0 Å². The molecule has 1 amide bonds. The number of hydrogen-bond donors (Lipinski definition) is 2. The number of nitrogens with two attached hydrogens (primary N) is 1. The summed E-state index contributed by atoms with van der Waals surface area (Å²) in [6.07, 6.45) is 2.01. The lowest BCUT2D eigenvalue weighted by Crippen LogP contribution is -2.39. The molecule has 3 N–H and O–H groups in total. The molecule has 2 aromatic rings. The molecule has 0 saturated carbocycles. The molecule has 1 unspecified atom stereocenters. The molecule has 0 aliphatic carbocycles. The van der Waals surface area contributed by atoms with E-state index in [2.05, 4.69) is 10.2 Å². The van der Waals surface area contributed by atoms with Crippen molar-refractivity contribution in [2.75, 3.05) is 36.1 Å². The maximum Gasteiger partial charge on any atom is 0.310 e. The van der Waals surface area contributed by atoms with Crippen molar-refractivity contribution in [3.05, 3.63) is 53.3 Å². The first-order chi connectivity index (χ1) is 15.6. The van der Waals surface area contributed by atoms with Gasteiger partial charge in [-0.3, -0.25) is 9.59 Å². The summed E-state index contributed by atoms with van der Waals surface area (Å²) in [7, 11) is 1.71. The molecule has 1 saturated heterocycles. The van der Waals surface area contributed by atoms with Gasteiger partial charge in [-0.1, -0.05) is 0 Å². The molecule has 1 fully saturated rings. The van der Waals surface area contributed by atoms with Crippen LogP contribution in [0.15, 0.2) is 36.4 Å². The predicted molar refractivity (Wildman–Crippen MR) is 127 cm³/mol. The molecule has 1 aliphatic heterocycles. The van der Waals surface area contributed by atoms with Crippen LogP contribution in [-0.2, 0) is 20.7 Å². The van der Waals surface area contributed by atoms with Crippen molar-refractivity contribution in [1.29, 1.82) is 0 Å². The maximum atomic E-state index is 13.8. The molecule has 3 rings (SSSR count). The number of carbonyl (C=O) groups is 2. The zero-order valence-electron chi connectivity index (χ0n) is 19.6. The Hall–Kier alpha value is -3.13. The standard InChI is InChI=1S/C25H32FN3O4/c1-25(2,3)33-23(30)14-17-12-18(26)8-9-21(17)28-24(31)16-7-10-22(20(27)13-16)29-11-5-6-19(15-29)32-4/h7-10,12-13,19H,5-6,11,14-15,27H2,1-4H3,(H,28,31). The Morgan fingerprint density at radius 3 is 2.64 bits per heavy atom. The topological polar surface area (TPSA) is 93.9 Å². The first-order valence-corrected chi connectivity index (χ1v) is 11.0. The highest BCUT2D eigenvalue weighted by atomic mass is 19.1. The maximum absolute atomic E-state index is 13.8. The molecular formula is C25H32FN3O4. The van der Waals surface area contributed by atoms with E-state index in [4.69, 9.17) is 15.2 Å². The van der Waals surface area contributed by atoms with Crippen LogP contribution in [0, 0.1) is 5.82 Å².